The predicted octanol–water partition coefficient (Wildman–Crippen LogP) is 4.55. The molecule has 1 unspecified atom stereocenters. The van der Waals surface area contributed by atoms with E-state index in [0.29, 0.717) is 6.42 Å². The van der Waals surface area contributed by atoms with E-state index in [0.717, 1.165) is 14.5 Å². The van der Waals surface area contributed by atoms with Gasteiger partial charge in [-0.1, -0.05) is 34.1 Å². The number of hydrogen-bond acceptors (Lipinski definition) is 2. The molecule has 0 bridgehead atoms. The molecule has 1 aromatic carbocycles. The van der Waals surface area contributed by atoms with Crippen molar-refractivity contribution >= 4 is 43.2 Å². The minimum absolute atomic E-state index is 0.457. The first-order chi connectivity index (χ1) is 7.66. The van der Waals surface area contributed by atoms with Gasteiger partial charge >= 0.3 is 0 Å². The standard InChI is InChI=1S/C12H10Br2OS/c13-8-5-9(16-7-8)6-12(15)10-3-1-2-4-11(10)14/h1-5,7,12,15H,6H2. The smallest absolute Gasteiger partial charge is 0.0849 e. The molecule has 0 aliphatic heterocycles. The minimum atomic E-state index is -0.457. The summed E-state index contributed by atoms with van der Waals surface area (Å²) in [6.45, 7) is 0. The molecule has 0 aliphatic carbocycles. The molecule has 2 rings (SSSR count). The average molecular weight is 362 g/mol. The second-order valence-corrected chi connectivity index (χ2v) is 6.24. The Morgan fingerprint density at radius 3 is 2.62 bits per heavy atom. The highest BCUT2D eigenvalue weighted by Crippen LogP contribution is 2.29. The molecular formula is C12H10Br2OS. The molecule has 1 aromatic heterocycles. The first kappa shape index (κ1) is 12.3. The van der Waals surface area contributed by atoms with E-state index in [1.807, 2.05) is 35.7 Å². The number of aliphatic hydroxyl groups excluding tert-OH is 1. The van der Waals surface area contributed by atoms with E-state index >= 15 is 0 Å². The third kappa shape index (κ3) is 2.94. The van der Waals surface area contributed by atoms with E-state index in [2.05, 4.69) is 31.9 Å². The van der Waals surface area contributed by atoms with Crippen LogP contribution in [0.3, 0.4) is 0 Å². The van der Waals surface area contributed by atoms with Crippen molar-refractivity contribution in [3.63, 3.8) is 0 Å². The van der Waals surface area contributed by atoms with Gasteiger partial charge in [-0.25, -0.2) is 0 Å². The molecule has 1 heterocycles. The van der Waals surface area contributed by atoms with Crippen molar-refractivity contribution in [1.82, 2.24) is 0 Å². The Bertz CT molecular complexity index is 481. The Morgan fingerprint density at radius 1 is 1.25 bits per heavy atom. The number of thiophene rings is 1. The molecule has 0 fully saturated rings. The number of aliphatic hydroxyl groups is 1. The lowest BCUT2D eigenvalue weighted by Gasteiger charge is -2.11. The van der Waals surface area contributed by atoms with E-state index < -0.39 is 6.10 Å². The lowest BCUT2D eigenvalue weighted by atomic mass is 10.1. The van der Waals surface area contributed by atoms with Crippen molar-refractivity contribution in [2.75, 3.05) is 0 Å². The minimum Gasteiger partial charge on any atom is -0.388 e. The molecule has 0 amide bonds. The van der Waals surface area contributed by atoms with Crippen LogP contribution in [0.5, 0.6) is 0 Å². The van der Waals surface area contributed by atoms with Crippen LogP contribution in [0.25, 0.3) is 0 Å². The van der Waals surface area contributed by atoms with E-state index in [1.165, 1.54) is 4.88 Å². The quantitative estimate of drug-likeness (QED) is 0.850. The Hall–Kier alpha value is -0.160. The zero-order valence-corrected chi connectivity index (χ0v) is 12.3. The monoisotopic (exact) mass is 360 g/mol. The number of rotatable bonds is 3. The summed E-state index contributed by atoms with van der Waals surface area (Å²) in [5, 5.41) is 12.2. The molecule has 0 saturated carbocycles. The summed E-state index contributed by atoms with van der Waals surface area (Å²) in [5.74, 6) is 0. The lowest BCUT2D eigenvalue weighted by molar-refractivity contribution is 0.178. The predicted molar refractivity (Wildman–Crippen MR) is 74.8 cm³/mol. The zero-order chi connectivity index (χ0) is 11.5. The van der Waals surface area contributed by atoms with Gasteiger partial charge in [0.15, 0.2) is 0 Å². The highest BCUT2D eigenvalue weighted by molar-refractivity contribution is 9.10. The summed E-state index contributed by atoms with van der Waals surface area (Å²) >= 11 is 8.52. The number of benzene rings is 1. The van der Waals surface area contributed by atoms with Crippen molar-refractivity contribution < 1.29 is 5.11 Å². The fraction of sp³-hybridized carbons (Fsp3) is 0.167. The fourth-order valence-corrected chi connectivity index (χ4v) is 3.55. The van der Waals surface area contributed by atoms with Crippen LogP contribution in [-0.4, -0.2) is 5.11 Å². The van der Waals surface area contributed by atoms with Crippen LogP contribution in [0.4, 0.5) is 0 Å². The molecule has 4 heteroatoms. The van der Waals surface area contributed by atoms with E-state index in [1.54, 1.807) is 11.3 Å². The highest BCUT2D eigenvalue weighted by atomic mass is 79.9. The first-order valence-electron chi connectivity index (χ1n) is 4.82. The second kappa shape index (κ2) is 5.45. The largest absolute Gasteiger partial charge is 0.388 e. The summed E-state index contributed by atoms with van der Waals surface area (Å²) < 4.78 is 2.03. The van der Waals surface area contributed by atoms with Gasteiger partial charge in [0.2, 0.25) is 0 Å². The lowest BCUT2D eigenvalue weighted by Crippen LogP contribution is -2.01. The highest BCUT2D eigenvalue weighted by Gasteiger charge is 2.12. The Kier molecular flexibility index (Phi) is 4.19. The van der Waals surface area contributed by atoms with Gasteiger partial charge < -0.3 is 5.11 Å². The molecular weight excluding hydrogens is 352 g/mol. The van der Waals surface area contributed by atoms with Crippen molar-refractivity contribution in [2.45, 2.75) is 12.5 Å². The van der Waals surface area contributed by atoms with Gasteiger partial charge in [0.05, 0.1) is 6.10 Å². The fourth-order valence-electron chi connectivity index (χ4n) is 1.51. The molecule has 16 heavy (non-hydrogen) atoms. The maximum atomic E-state index is 10.1. The molecule has 0 saturated heterocycles. The Labute approximate surface area is 115 Å². The van der Waals surface area contributed by atoms with Crippen LogP contribution >= 0.6 is 43.2 Å². The zero-order valence-electron chi connectivity index (χ0n) is 8.36. The molecule has 0 spiro atoms. The summed E-state index contributed by atoms with van der Waals surface area (Å²) in [5.41, 5.74) is 0.937. The van der Waals surface area contributed by atoms with Crippen LogP contribution in [0.15, 0.2) is 44.7 Å². The third-order valence-corrected chi connectivity index (χ3v) is 4.72. The molecule has 0 aliphatic rings. The molecule has 0 radical (unpaired) electrons. The van der Waals surface area contributed by atoms with Gasteiger partial charge in [0.1, 0.15) is 0 Å². The van der Waals surface area contributed by atoms with Crippen LogP contribution in [0.2, 0.25) is 0 Å². The summed E-state index contributed by atoms with van der Waals surface area (Å²) in [4.78, 5) is 1.18. The van der Waals surface area contributed by atoms with Gasteiger partial charge in [-0.2, -0.15) is 0 Å². The summed E-state index contributed by atoms with van der Waals surface area (Å²) in [7, 11) is 0. The van der Waals surface area contributed by atoms with Gasteiger partial charge in [0, 0.05) is 25.6 Å². The third-order valence-electron chi connectivity index (χ3n) is 2.28. The van der Waals surface area contributed by atoms with Crippen LogP contribution < -0.4 is 0 Å². The van der Waals surface area contributed by atoms with Crippen molar-refractivity contribution in [2.24, 2.45) is 0 Å². The van der Waals surface area contributed by atoms with E-state index in [-0.39, 0.29) is 0 Å². The van der Waals surface area contributed by atoms with E-state index in [9.17, 15) is 5.11 Å². The van der Waals surface area contributed by atoms with Crippen LogP contribution in [0.1, 0.15) is 16.5 Å². The maximum absolute atomic E-state index is 10.1. The first-order valence-corrected chi connectivity index (χ1v) is 7.29. The van der Waals surface area contributed by atoms with Crippen molar-refractivity contribution in [1.29, 1.82) is 0 Å². The normalized spacial score (nSPS) is 12.7. The van der Waals surface area contributed by atoms with E-state index in [4.69, 9.17) is 0 Å². The topological polar surface area (TPSA) is 20.2 Å². The molecule has 1 N–H and O–H groups in total. The van der Waals surface area contributed by atoms with Gasteiger partial charge in [-0.05, 0) is 33.6 Å². The number of halogens is 2. The summed E-state index contributed by atoms with van der Waals surface area (Å²) in [6.07, 6.45) is 0.194. The Morgan fingerprint density at radius 2 is 2.00 bits per heavy atom. The SMILES string of the molecule is OC(Cc1cc(Br)cs1)c1ccccc1Br. The Balaban J connectivity index is 2.14. The summed E-state index contributed by atoms with van der Waals surface area (Å²) in [6, 6.07) is 9.82. The van der Waals surface area contributed by atoms with Crippen molar-refractivity contribution in [3.05, 3.63) is 55.1 Å². The van der Waals surface area contributed by atoms with Crippen molar-refractivity contribution in [3.8, 4) is 0 Å². The molecule has 1 atom stereocenters. The molecule has 84 valence electrons. The molecule has 1 nitrogen and oxygen atoms in total. The van der Waals surface area contributed by atoms with Crippen LogP contribution in [0, 0.1) is 0 Å². The average Bonchev–Trinajstić information content (AvgIpc) is 2.64. The van der Waals surface area contributed by atoms with Gasteiger partial charge in [-0.15, -0.1) is 11.3 Å². The van der Waals surface area contributed by atoms with Crippen LogP contribution in [-0.2, 0) is 6.42 Å². The molecule has 2 aromatic rings. The maximum Gasteiger partial charge on any atom is 0.0849 e. The van der Waals surface area contributed by atoms with Gasteiger partial charge in [0.25, 0.3) is 0 Å². The number of hydrogen-bond donors (Lipinski definition) is 1. The second-order valence-electron chi connectivity index (χ2n) is 3.47. The van der Waals surface area contributed by atoms with Gasteiger partial charge in [-0.3, -0.25) is 0 Å².